The number of esters is 2. The fourth-order valence-electron chi connectivity index (χ4n) is 2.91. The van der Waals surface area contributed by atoms with Gasteiger partial charge < -0.3 is 19.1 Å². The molecule has 0 saturated carbocycles. The van der Waals surface area contributed by atoms with Crippen molar-refractivity contribution in [3.63, 3.8) is 0 Å². The first-order chi connectivity index (χ1) is 13.7. The van der Waals surface area contributed by atoms with E-state index in [-0.39, 0.29) is 43.1 Å². The second-order valence-electron chi connectivity index (χ2n) is 9.66. The Kier molecular flexibility index (Phi) is 9.78. The lowest BCUT2D eigenvalue weighted by Gasteiger charge is -2.24. The number of Topliss-reactive ketones (excluding diaryl/α,β-unsaturated/α-hetero) is 1. The predicted molar refractivity (Wildman–Crippen MR) is 111 cm³/mol. The molecule has 1 aliphatic rings. The van der Waals surface area contributed by atoms with Crippen LogP contribution in [0, 0.1) is 0 Å². The smallest absolute Gasteiger partial charge is 0.410 e. The summed E-state index contributed by atoms with van der Waals surface area (Å²) in [5, 5.41) is 0. The molecule has 0 aromatic heterocycles. The molecule has 1 fully saturated rings. The van der Waals surface area contributed by atoms with Crippen molar-refractivity contribution in [2.24, 2.45) is 0 Å². The number of nitrogens with zero attached hydrogens (tertiary/aromatic N) is 1. The molecule has 8 nitrogen and oxygen atoms in total. The van der Waals surface area contributed by atoms with E-state index in [2.05, 4.69) is 0 Å². The first-order valence-corrected chi connectivity index (χ1v) is 10.7. The lowest BCUT2D eigenvalue weighted by Crippen LogP contribution is -2.36. The Hall–Kier alpha value is -2.12. The van der Waals surface area contributed by atoms with Gasteiger partial charge in [-0.15, -0.1) is 0 Å². The van der Waals surface area contributed by atoms with Crippen molar-refractivity contribution in [2.45, 2.75) is 104 Å². The van der Waals surface area contributed by atoms with Gasteiger partial charge in [-0.25, -0.2) is 4.79 Å². The van der Waals surface area contributed by atoms with Gasteiger partial charge in [-0.05, 0) is 54.4 Å². The van der Waals surface area contributed by atoms with Gasteiger partial charge in [0.25, 0.3) is 0 Å². The number of hydrogen-bond donors (Lipinski definition) is 0. The van der Waals surface area contributed by atoms with Crippen LogP contribution in [0.3, 0.4) is 0 Å². The monoisotopic (exact) mass is 427 g/mol. The van der Waals surface area contributed by atoms with Gasteiger partial charge in [0, 0.05) is 32.2 Å². The third-order valence-electron chi connectivity index (χ3n) is 4.21. The summed E-state index contributed by atoms with van der Waals surface area (Å²) in [5.74, 6) is -0.721. The van der Waals surface area contributed by atoms with Crippen molar-refractivity contribution in [3.8, 4) is 0 Å². The number of carbonyl (C=O) groups excluding carboxylic acids is 4. The molecule has 1 unspecified atom stereocenters. The minimum atomic E-state index is -0.559. The summed E-state index contributed by atoms with van der Waals surface area (Å²) in [6.07, 6.45) is 1.76. The SMILES string of the molecule is CC(C)(C)OC(=O)CCC(=O)CCCCC(=O)OC1CCN(C(=O)OC(C)(C)C)C1. The molecule has 0 spiro atoms. The lowest BCUT2D eigenvalue weighted by molar-refractivity contribution is -0.155. The zero-order valence-electron chi connectivity index (χ0n) is 19.2. The molecule has 0 aliphatic carbocycles. The minimum absolute atomic E-state index is 0.0157. The van der Waals surface area contributed by atoms with Crippen LogP contribution in [0.15, 0.2) is 0 Å². The predicted octanol–water partition coefficient (Wildman–Crippen LogP) is 3.79. The molecule has 0 radical (unpaired) electrons. The zero-order valence-corrected chi connectivity index (χ0v) is 19.2. The zero-order chi connectivity index (χ0) is 22.9. The Bertz CT molecular complexity index is 616. The highest BCUT2D eigenvalue weighted by Gasteiger charge is 2.31. The maximum absolute atomic E-state index is 12.0. The summed E-state index contributed by atoms with van der Waals surface area (Å²) in [7, 11) is 0. The van der Waals surface area contributed by atoms with Crippen molar-refractivity contribution in [3.05, 3.63) is 0 Å². The van der Waals surface area contributed by atoms with Crippen LogP contribution in [0.2, 0.25) is 0 Å². The van der Waals surface area contributed by atoms with E-state index < -0.39 is 17.3 Å². The van der Waals surface area contributed by atoms with Crippen molar-refractivity contribution in [1.29, 1.82) is 0 Å². The summed E-state index contributed by atoms with van der Waals surface area (Å²) in [4.78, 5) is 49.0. The topological polar surface area (TPSA) is 99.2 Å². The Labute approximate surface area is 179 Å². The van der Waals surface area contributed by atoms with E-state index in [9.17, 15) is 19.2 Å². The maximum Gasteiger partial charge on any atom is 0.410 e. The number of amides is 1. The second-order valence-corrected chi connectivity index (χ2v) is 9.66. The number of rotatable bonds is 9. The van der Waals surface area contributed by atoms with Gasteiger partial charge in [-0.2, -0.15) is 0 Å². The fourth-order valence-corrected chi connectivity index (χ4v) is 2.91. The summed E-state index contributed by atoms with van der Waals surface area (Å²) < 4.78 is 15.9. The van der Waals surface area contributed by atoms with Gasteiger partial charge in [0.15, 0.2) is 0 Å². The normalized spacial score (nSPS) is 16.9. The van der Waals surface area contributed by atoms with Crippen LogP contribution in [-0.4, -0.2) is 59.1 Å². The summed E-state index contributed by atoms with van der Waals surface area (Å²) >= 11 is 0. The van der Waals surface area contributed by atoms with Gasteiger partial charge in [-0.3, -0.25) is 14.4 Å². The molecular weight excluding hydrogens is 390 g/mol. The van der Waals surface area contributed by atoms with Crippen LogP contribution in [0.5, 0.6) is 0 Å². The van der Waals surface area contributed by atoms with Gasteiger partial charge in [0.05, 0.1) is 13.0 Å². The number of likely N-dealkylation sites (tertiary alicyclic amines) is 1. The van der Waals surface area contributed by atoms with Crippen molar-refractivity contribution < 1.29 is 33.4 Å². The Morgan fingerprint density at radius 1 is 0.800 bits per heavy atom. The van der Waals surface area contributed by atoms with E-state index in [1.807, 2.05) is 0 Å². The molecule has 30 heavy (non-hydrogen) atoms. The molecule has 1 saturated heterocycles. The molecule has 1 atom stereocenters. The van der Waals surface area contributed by atoms with Gasteiger partial charge in [0.2, 0.25) is 0 Å². The van der Waals surface area contributed by atoms with E-state index >= 15 is 0 Å². The molecule has 8 heteroatoms. The van der Waals surface area contributed by atoms with Crippen molar-refractivity contribution in [1.82, 2.24) is 4.90 Å². The van der Waals surface area contributed by atoms with E-state index in [1.54, 1.807) is 46.4 Å². The van der Waals surface area contributed by atoms with Crippen molar-refractivity contribution >= 4 is 23.8 Å². The van der Waals surface area contributed by atoms with Crippen LogP contribution >= 0.6 is 0 Å². The highest BCUT2D eigenvalue weighted by molar-refractivity contribution is 5.83. The number of unbranched alkanes of at least 4 members (excludes halogenated alkanes) is 1. The summed E-state index contributed by atoms with van der Waals surface area (Å²) in [6, 6.07) is 0. The average Bonchev–Trinajstić information content (AvgIpc) is 3.02. The van der Waals surface area contributed by atoms with E-state index in [0.717, 1.165) is 0 Å². The van der Waals surface area contributed by atoms with Crippen LogP contribution < -0.4 is 0 Å². The first-order valence-electron chi connectivity index (χ1n) is 10.7. The van der Waals surface area contributed by atoms with Crippen molar-refractivity contribution in [2.75, 3.05) is 13.1 Å². The van der Waals surface area contributed by atoms with E-state index in [1.165, 1.54) is 0 Å². The minimum Gasteiger partial charge on any atom is -0.460 e. The standard InChI is InChI=1S/C22H37NO7/c1-21(2,3)29-19(26)12-11-16(24)9-7-8-10-18(25)28-17-13-14-23(15-17)20(27)30-22(4,5)6/h17H,7-15H2,1-6H3. The van der Waals surface area contributed by atoms with Crippen LogP contribution in [-0.2, 0) is 28.6 Å². The molecule has 0 bridgehead atoms. The highest BCUT2D eigenvalue weighted by Crippen LogP contribution is 2.18. The Morgan fingerprint density at radius 2 is 1.40 bits per heavy atom. The molecule has 1 rings (SSSR count). The molecule has 172 valence electrons. The first kappa shape index (κ1) is 25.9. The highest BCUT2D eigenvalue weighted by atomic mass is 16.6. The van der Waals surface area contributed by atoms with Crippen LogP contribution in [0.1, 0.15) is 86.5 Å². The second kappa shape index (κ2) is 11.3. The third kappa shape index (κ3) is 11.8. The van der Waals surface area contributed by atoms with Crippen LogP contribution in [0.25, 0.3) is 0 Å². The van der Waals surface area contributed by atoms with Gasteiger partial charge in [0.1, 0.15) is 23.1 Å². The molecule has 1 heterocycles. The molecule has 0 aromatic carbocycles. The Morgan fingerprint density at radius 3 is 2.00 bits per heavy atom. The average molecular weight is 428 g/mol. The number of ether oxygens (including phenoxy) is 3. The number of carbonyl (C=O) groups is 4. The quantitative estimate of drug-likeness (QED) is 0.313. The number of ketones is 1. The number of hydrogen-bond acceptors (Lipinski definition) is 7. The molecule has 0 aromatic rings. The van der Waals surface area contributed by atoms with Gasteiger partial charge in [-0.1, -0.05) is 0 Å². The Balaban J connectivity index is 2.16. The lowest BCUT2D eigenvalue weighted by atomic mass is 10.1. The van der Waals surface area contributed by atoms with E-state index in [0.29, 0.717) is 38.8 Å². The summed E-state index contributed by atoms with van der Waals surface area (Å²) in [5.41, 5.74) is -1.11. The van der Waals surface area contributed by atoms with Gasteiger partial charge >= 0.3 is 18.0 Å². The summed E-state index contributed by atoms with van der Waals surface area (Å²) in [6.45, 7) is 11.6. The third-order valence-corrected chi connectivity index (χ3v) is 4.21. The molecular formula is C22H37NO7. The van der Waals surface area contributed by atoms with E-state index in [4.69, 9.17) is 14.2 Å². The largest absolute Gasteiger partial charge is 0.460 e. The molecule has 0 N–H and O–H groups in total. The molecule has 1 aliphatic heterocycles. The van der Waals surface area contributed by atoms with Crippen LogP contribution in [0.4, 0.5) is 4.79 Å². The fraction of sp³-hybridized carbons (Fsp3) is 0.818. The molecule has 1 amide bonds. The maximum atomic E-state index is 12.0.